The molecule has 2 aromatic rings. The molecule has 3 heteroatoms. The summed E-state index contributed by atoms with van der Waals surface area (Å²) in [5, 5.41) is 3.60. The molecule has 3 nitrogen and oxygen atoms in total. The van der Waals surface area contributed by atoms with Crippen LogP contribution in [-0.4, -0.2) is 11.6 Å². The molecule has 20 heavy (non-hydrogen) atoms. The summed E-state index contributed by atoms with van der Waals surface area (Å²) >= 11 is 0. The monoisotopic (exact) mass is 270 g/mol. The Kier molecular flexibility index (Phi) is 5.13. The number of rotatable bonds is 6. The molecule has 0 radical (unpaired) electrons. The lowest BCUT2D eigenvalue weighted by Gasteiger charge is -2.21. The summed E-state index contributed by atoms with van der Waals surface area (Å²) in [4.78, 5) is 4.05. The molecule has 0 aliphatic rings. The minimum absolute atomic E-state index is 0.286. The number of hydrogen-bond donors (Lipinski definition) is 1. The standard InChI is InChI=1S/C17H22N2O/c1-4-20-17-7-5-15(6-8-17)13(2)19-14(3)16-9-11-18-12-10-16/h5-14,19H,4H2,1-3H3/t13?,14-/m0/s1. The van der Waals surface area contributed by atoms with Crippen LogP contribution in [0.15, 0.2) is 48.8 Å². The Balaban J connectivity index is 1.99. The quantitative estimate of drug-likeness (QED) is 0.864. The first-order valence-electron chi connectivity index (χ1n) is 7.09. The van der Waals surface area contributed by atoms with Crippen molar-refractivity contribution < 1.29 is 4.74 Å². The van der Waals surface area contributed by atoms with Crippen molar-refractivity contribution in [3.05, 3.63) is 59.9 Å². The Morgan fingerprint density at radius 1 is 0.950 bits per heavy atom. The van der Waals surface area contributed by atoms with Gasteiger partial charge in [0.15, 0.2) is 0 Å². The van der Waals surface area contributed by atoms with Crippen molar-refractivity contribution in [2.75, 3.05) is 6.61 Å². The van der Waals surface area contributed by atoms with Crippen LogP contribution in [0.1, 0.15) is 44.0 Å². The lowest BCUT2D eigenvalue weighted by atomic mass is 10.0. The summed E-state index contributed by atoms with van der Waals surface area (Å²) in [6.07, 6.45) is 3.66. The molecule has 0 amide bonds. The molecular formula is C17H22N2O. The van der Waals surface area contributed by atoms with Crippen LogP contribution >= 0.6 is 0 Å². The first-order valence-corrected chi connectivity index (χ1v) is 7.09. The van der Waals surface area contributed by atoms with Crippen LogP contribution in [0.2, 0.25) is 0 Å². The molecule has 1 N–H and O–H groups in total. The summed E-state index contributed by atoms with van der Waals surface area (Å²) < 4.78 is 5.46. The minimum atomic E-state index is 0.286. The largest absolute Gasteiger partial charge is 0.494 e. The third-order valence-corrected chi connectivity index (χ3v) is 3.40. The fraction of sp³-hybridized carbons (Fsp3) is 0.353. The van der Waals surface area contributed by atoms with Crippen molar-refractivity contribution >= 4 is 0 Å². The molecule has 0 spiro atoms. The van der Waals surface area contributed by atoms with Gasteiger partial charge in [0.1, 0.15) is 5.75 Å². The van der Waals surface area contributed by atoms with Gasteiger partial charge in [0.2, 0.25) is 0 Å². The third kappa shape index (κ3) is 3.81. The highest BCUT2D eigenvalue weighted by Crippen LogP contribution is 2.21. The van der Waals surface area contributed by atoms with Gasteiger partial charge in [-0.25, -0.2) is 0 Å². The number of ether oxygens (including phenoxy) is 1. The second kappa shape index (κ2) is 7.06. The van der Waals surface area contributed by atoms with E-state index in [0.29, 0.717) is 12.6 Å². The van der Waals surface area contributed by atoms with Crippen molar-refractivity contribution in [1.29, 1.82) is 0 Å². The summed E-state index contributed by atoms with van der Waals surface area (Å²) in [5.74, 6) is 0.922. The molecular weight excluding hydrogens is 248 g/mol. The maximum atomic E-state index is 5.46. The molecule has 0 saturated heterocycles. The van der Waals surface area contributed by atoms with E-state index < -0.39 is 0 Å². The number of aromatic nitrogens is 1. The molecule has 0 aliphatic carbocycles. The van der Waals surface area contributed by atoms with Crippen LogP contribution in [0.5, 0.6) is 5.75 Å². The number of nitrogens with zero attached hydrogens (tertiary/aromatic N) is 1. The van der Waals surface area contributed by atoms with Gasteiger partial charge in [0.05, 0.1) is 6.61 Å². The lowest BCUT2D eigenvalue weighted by Crippen LogP contribution is -2.22. The van der Waals surface area contributed by atoms with Gasteiger partial charge in [0, 0.05) is 24.5 Å². The van der Waals surface area contributed by atoms with Gasteiger partial charge >= 0.3 is 0 Å². The molecule has 2 atom stereocenters. The zero-order valence-electron chi connectivity index (χ0n) is 12.3. The van der Waals surface area contributed by atoms with E-state index in [-0.39, 0.29) is 6.04 Å². The van der Waals surface area contributed by atoms with Gasteiger partial charge in [-0.2, -0.15) is 0 Å². The van der Waals surface area contributed by atoms with Gasteiger partial charge < -0.3 is 10.1 Å². The van der Waals surface area contributed by atoms with Crippen LogP contribution in [0, 0.1) is 0 Å². The van der Waals surface area contributed by atoms with E-state index in [1.165, 1.54) is 11.1 Å². The van der Waals surface area contributed by atoms with Crippen LogP contribution in [0.3, 0.4) is 0 Å². The van der Waals surface area contributed by atoms with Crippen molar-refractivity contribution in [2.45, 2.75) is 32.9 Å². The Hall–Kier alpha value is -1.87. The predicted octanol–water partition coefficient (Wildman–Crippen LogP) is 3.89. The van der Waals surface area contributed by atoms with Crippen molar-refractivity contribution in [1.82, 2.24) is 10.3 Å². The molecule has 106 valence electrons. The second-order valence-electron chi connectivity index (χ2n) is 4.89. The molecule has 0 saturated carbocycles. The van der Waals surface area contributed by atoms with E-state index in [2.05, 4.69) is 36.3 Å². The molecule has 1 aromatic carbocycles. The van der Waals surface area contributed by atoms with Crippen LogP contribution in [-0.2, 0) is 0 Å². The summed E-state index contributed by atoms with van der Waals surface area (Å²) in [6, 6.07) is 12.9. The van der Waals surface area contributed by atoms with Crippen molar-refractivity contribution in [2.24, 2.45) is 0 Å². The molecule has 0 aliphatic heterocycles. The highest BCUT2D eigenvalue weighted by molar-refractivity contribution is 5.29. The Bertz CT molecular complexity index is 510. The minimum Gasteiger partial charge on any atom is -0.494 e. The zero-order chi connectivity index (χ0) is 14.4. The van der Waals surface area contributed by atoms with E-state index in [1.807, 2.05) is 43.6 Å². The Morgan fingerprint density at radius 2 is 1.50 bits per heavy atom. The third-order valence-electron chi connectivity index (χ3n) is 3.40. The van der Waals surface area contributed by atoms with E-state index in [1.54, 1.807) is 0 Å². The van der Waals surface area contributed by atoms with Gasteiger partial charge in [-0.1, -0.05) is 12.1 Å². The molecule has 1 heterocycles. The molecule has 2 rings (SSSR count). The molecule has 1 unspecified atom stereocenters. The fourth-order valence-electron chi connectivity index (χ4n) is 2.24. The summed E-state index contributed by atoms with van der Waals surface area (Å²) in [5.41, 5.74) is 2.51. The molecule has 1 aromatic heterocycles. The number of pyridine rings is 1. The van der Waals surface area contributed by atoms with Gasteiger partial charge in [-0.15, -0.1) is 0 Å². The van der Waals surface area contributed by atoms with E-state index in [9.17, 15) is 0 Å². The number of hydrogen-bond acceptors (Lipinski definition) is 3. The van der Waals surface area contributed by atoms with Gasteiger partial charge in [-0.3, -0.25) is 4.98 Å². The topological polar surface area (TPSA) is 34.1 Å². The van der Waals surface area contributed by atoms with Crippen molar-refractivity contribution in [3.63, 3.8) is 0 Å². The van der Waals surface area contributed by atoms with E-state index in [4.69, 9.17) is 4.74 Å². The lowest BCUT2D eigenvalue weighted by molar-refractivity contribution is 0.340. The average Bonchev–Trinajstić information content (AvgIpc) is 2.49. The first kappa shape index (κ1) is 14.5. The van der Waals surface area contributed by atoms with Crippen LogP contribution < -0.4 is 10.1 Å². The predicted molar refractivity (Wildman–Crippen MR) is 81.8 cm³/mol. The summed E-state index contributed by atoms with van der Waals surface area (Å²) in [6.45, 7) is 7.04. The highest BCUT2D eigenvalue weighted by Gasteiger charge is 2.11. The smallest absolute Gasteiger partial charge is 0.119 e. The Labute approximate surface area is 121 Å². The summed E-state index contributed by atoms with van der Waals surface area (Å²) in [7, 11) is 0. The van der Waals surface area contributed by atoms with E-state index >= 15 is 0 Å². The Morgan fingerprint density at radius 3 is 2.05 bits per heavy atom. The normalized spacial score (nSPS) is 13.8. The van der Waals surface area contributed by atoms with Crippen molar-refractivity contribution in [3.8, 4) is 5.75 Å². The maximum absolute atomic E-state index is 5.46. The highest BCUT2D eigenvalue weighted by atomic mass is 16.5. The SMILES string of the molecule is CCOc1ccc(C(C)N[C@@H](C)c2ccncc2)cc1. The van der Waals surface area contributed by atoms with Gasteiger partial charge in [-0.05, 0) is 56.2 Å². The number of nitrogens with one attached hydrogen (secondary N) is 1. The molecule has 0 fully saturated rings. The zero-order valence-corrected chi connectivity index (χ0v) is 12.3. The van der Waals surface area contributed by atoms with E-state index in [0.717, 1.165) is 5.75 Å². The second-order valence-corrected chi connectivity index (χ2v) is 4.89. The fourth-order valence-corrected chi connectivity index (χ4v) is 2.24. The molecule has 0 bridgehead atoms. The first-order chi connectivity index (χ1) is 9.70. The van der Waals surface area contributed by atoms with Crippen LogP contribution in [0.25, 0.3) is 0 Å². The average molecular weight is 270 g/mol. The van der Waals surface area contributed by atoms with Gasteiger partial charge in [0.25, 0.3) is 0 Å². The maximum Gasteiger partial charge on any atom is 0.119 e. The number of benzene rings is 1. The van der Waals surface area contributed by atoms with Crippen LogP contribution in [0.4, 0.5) is 0 Å².